The van der Waals surface area contributed by atoms with Crippen molar-refractivity contribution in [3.05, 3.63) is 90.0 Å². The van der Waals surface area contributed by atoms with Crippen LogP contribution in [0.5, 0.6) is 5.75 Å². The third-order valence-corrected chi connectivity index (χ3v) is 4.53. The first-order chi connectivity index (χ1) is 14.7. The van der Waals surface area contributed by atoms with Crippen LogP contribution in [0, 0.1) is 0 Å². The van der Waals surface area contributed by atoms with Crippen LogP contribution in [-0.4, -0.2) is 32.0 Å². The maximum Gasteiger partial charge on any atom is 0.253 e. The fraction of sp³-hybridized carbons (Fsp3) is 0.167. The number of amides is 2. The van der Waals surface area contributed by atoms with Crippen LogP contribution in [0.3, 0.4) is 0 Å². The number of hydrogen-bond donors (Lipinski definition) is 3. The first kappa shape index (κ1) is 20.9. The number of benzene rings is 3. The molecule has 30 heavy (non-hydrogen) atoms. The van der Waals surface area contributed by atoms with E-state index in [1.807, 2.05) is 54.6 Å². The molecular formula is C24H25N3O3. The molecule has 3 N–H and O–H groups in total. The van der Waals surface area contributed by atoms with Crippen LogP contribution >= 0.6 is 0 Å². The molecule has 0 radical (unpaired) electrons. The summed E-state index contributed by atoms with van der Waals surface area (Å²) >= 11 is 0. The molecule has 3 aromatic carbocycles. The van der Waals surface area contributed by atoms with E-state index in [0.29, 0.717) is 23.5 Å². The lowest BCUT2D eigenvalue weighted by atomic mass is 10.1. The summed E-state index contributed by atoms with van der Waals surface area (Å²) in [7, 11) is 1.58. The van der Waals surface area contributed by atoms with Gasteiger partial charge in [0.05, 0.1) is 30.6 Å². The van der Waals surface area contributed by atoms with Gasteiger partial charge < -0.3 is 20.7 Å². The third kappa shape index (κ3) is 5.85. The van der Waals surface area contributed by atoms with Gasteiger partial charge in [-0.1, -0.05) is 54.6 Å². The highest BCUT2D eigenvalue weighted by atomic mass is 16.5. The summed E-state index contributed by atoms with van der Waals surface area (Å²) < 4.78 is 5.27. The van der Waals surface area contributed by atoms with Crippen molar-refractivity contribution < 1.29 is 14.3 Å². The minimum Gasteiger partial charge on any atom is -0.495 e. The van der Waals surface area contributed by atoms with Crippen molar-refractivity contribution in [1.29, 1.82) is 0 Å². The molecule has 0 aliphatic carbocycles. The Morgan fingerprint density at radius 1 is 0.833 bits per heavy atom. The van der Waals surface area contributed by atoms with E-state index in [1.165, 1.54) is 0 Å². The number of methoxy groups -OCH3 is 1. The van der Waals surface area contributed by atoms with Gasteiger partial charge in [0, 0.05) is 6.54 Å². The summed E-state index contributed by atoms with van der Waals surface area (Å²) in [5.41, 5.74) is 2.78. The fourth-order valence-electron chi connectivity index (χ4n) is 3.01. The maximum atomic E-state index is 12.6. The lowest BCUT2D eigenvalue weighted by molar-refractivity contribution is -0.114. The van der Waals surface area contributed by atoms with Crippen LogP contribution < -0.4 is 20.7 Å². The van der Waals surface area contributed by atoms with Crippen LogP contribution in [0.15, 0.2) is 78.9 Å². The van der Waals surface area contributed by atoms with Crippen molar-refractivity contribution in [2.24, 2.45) is 0 Å². The normalized spacial score (nSPS) is 10.2. The Hall–Kier alpha value is -3.80. The number of ether oxygens (including phenoxy) is 1. The molecular weight excluding hydrogens is 378 g/mol. The van der Waals surface area contributed by atoms with Gasteiger partial charge in [0.25, 0.3) is 5.91 Å². The minimum absolute atomic E-state index is 0.0460. The van der Waals surface area contributed by atoms with Crippen molar-refractivity contribution in [3.63, 3.8) is 0 Å². The Bertz CT molecular complexity index is 990. The average molecular weight is 403 g/mol. The van der Waals surface area contributed by atoms with Crippen LogP contribution in [0.2, 0.25) is 0 Å². The van der Waals surface area contributed by atoms with Gasteiger partial charge in [0.15, 0.2) is 0 Å². The largest absolute Gasteiger partial charge is 0.495 e. The number of carbonyl (C=O) groups is 2. The molecule has 0 unspecified atom stereocenters. The van der Waals surface area contributed by atoms with Gasteiger partial charge in [-0.25, -0.2) is 0 Å². The molecule has 154 valence electrons. The number of carbonyl (C=O) groups excluding carboxylic acids is 2. The van der Waals surface area contributed by atoms with Gasteiger partial charge in [-0.3, -0.25) is 9.59 Å². The summed E-state index contributed by atoms with van der Waals surface area (Å²) in [4.78, 5) is 25.0. The lowest BCUT2D eigenvalue weighted by Crippen LogP contribution is -2.28. The first-order valence-electron chi connectivity index (χ1n) is 9.75. The zero-order valence-corrected chi connectivity index (χ0v) is 16.9. The van der Waals surface area contributed by atoms with Crippen molar-refractivity contribution in [2.45, 2.75) is 6.42 Å². The third-order valence-electron chi connectivity index (χ3n) is 4.53. The molecule has 0 aliphatic heterocycles. The van der Waals surface area contributed by atoms with Gasteiger partial charge in [0.1, 0.15) is 5.75 Å². The number of para-hydroxylation sites is 3. The van der Waals surface area contributed by atoms with E-state index in [-0.39, 0.29) is 18.4 Å². The molecule has 0 saturated carbocycles. The zero-order valence-electron chi connectivity index (χ0n) is 16.9. The van der Waals surface area contributed by atoms with Gasteiger partial charge in [0.2, 0.25) is 5.91 Å². The Kier molecular flexibility index (Phi) is 7.44. The topological polar surface area (TPSA) is 79.5 Å². The monoisotopic (exact) mass is 403 g/mol. The molecule has 6 nitrogen and oxygen atoms in total. The Morgan fingerprint density at radius 3 is 2.27 bits per heavy atom. The highest BCUT2D eigenvalue weighted by molar-refractivity contribution is 6.04. The second kappa shape index (κ2) is 10.7. The van der Waals surface area contributed by atoms with Crippen molar-refractivity contribution in [3.8, 4) is 5.75 Å². The molecule has 3 rings (SSSR count). The van der Waals surface area contributed by atoms with E-state index in [9.17, 15) is 9.59 Å². The highest BCUT2D eigenvalue weighted by Gasteiger charge is 2.13. The van der Waals surface area contributed by atoms with Gasteiger partial charge in [-0.15, -0.1) is 0 Å². The van der Waals surface area contributed by atoms with E-state index >= 15 is 0 Å². The van der Waals surface area contributed by atoms with Crippen LogP contribution in [0.4, 0.5) is 11.4 Å². The standard InChI is InChI=1S/C24H25N3O3/c1-30-22-14-8-7-13-21(22)26-17-23(28)27-20-12-6-5-11-19(20)24(29)25-16-15-18-9-3-2-4-10-18/h2-14,26H,15-17H2,1H3,(H,25,29)(H,27,28). The lowest BCUT2D eigenvalue weighted by Gasteiger charge is -2.13. The fourth-order valence-corrected chi connectivity index (χ4v) is 3.01. The van der Waals surface area contributed by atoms with Gasteiger partial charge in [-0.05, 0) is 36.2 Å². The number of anilines is 2. The molecule has 0 heterocycles. The van der Waals surface area contributed by atoms with E-state index in [0.717, 1.165) is 17.7 Å². The average Bonchev–Trinajstić information content (AvgIpc) is 2.79. The smallest absolute Gasteiger partial charge is 0.253 e. The second-order valence-corrected chi connectivity index (χ2v) is 6.64. The minimum atomic E-state index is -0.259. The van der Waals surface area contributed by atoms with Crippen LogP contribution in [0.25, 0.3) is 0 Å². The summed E-state index contributed by atoms with van der Waals surface area (Å²) in [6.45, 7) is 0.560. The molecule has 0 atom stereocenters. The predicted octanol–water partition coefficient (Wildman–Crippen LogP) is 3.72. The van der Waals surface area contributed by atoms with E-state index in [4.69, 9.17) is 4.74 Å². The van der Waals surface area contributed by atoms with E-state index in [2.05, 4.69) is 16.0 Å². The summed E-state index contributed by atoms with van der Waals surface area (Å²) in [6, 6.07) is 24.3. The van der Waals surface area contributed by atoms with Crippen LogP contribution in [0.1, 0.15) is 15.9 Å². The molecule has 6 heteroatoms. The van der Waals surface area contributed by atoms with E-state index in [1.54, 1.807) is 31.4 Å². The number of nitrogens with one attached hydrogen (secondary N) is 3. The van der Waals surface area contributed by atoms with Gasteiger partial charge in [-0.2, -0.15) is 0 Å². The Labute approximate surface area is 176 Å². The molecule has 0 aliphatic rings. The quantitative estimate of drug-likeness (QED) is 0.509. The van der Waals surface area contributed by atoms with Crippen molar-refractivity contribution in [2.75, 3.05) is 30.8 Å². The van der Waals surface area contributed by atoms with E-state index < -0.39 is 0 Å². The predicted molar refractivity (Wildman–Crippen MR) is 119 cm³/mol. The second-order valence-electron chi connectivity index (χ2n) is 6.64. The maximum absolute atomic E-state index is 12.6. The zero-order chi connectivity index (χ0) is 21.2. The molecule has 0 spiro atoms. The molecule has 2 amide bonds. The molecule has 0 bridgehead atoms. The molecule has 0 saturated heterocycles. The SMILES string of the molecule is COc1ccccc1NCC(=O)Nc1ccccc1C(=O)NCCc1ccccc1. The van der Waals surface area contributed by atoms with Crippen molar-refractivity contribution >= 4 is 23.2 Å². The van der Waals surface area contributed by atoms with Crippen LogP contribution in [-0.2, 0) is 11.2 Å². The van der Waals surface area contributed by atoms with Gasteiger partial charge >= 0.3 is 0 Å². The molecule has 0 fully saturated rings. The number of hydrogen-bond acceptors (Lipinski definition) is 4. The Morgan fingerprint density at radius 2 is 1.50 bits per heavy atom. The Balaban J connectivity index is 1.56. The number of rotatable bonds is 9. The van der Waals surface area contributed by atoms with Crippen molar-refractivity contribution in [1.82, 2.24) is 5.32 Å². The first-order valence-corrected chi connectivity index (χ1v) is 9.75. The molecule has 0 aromatic heterocycles. The summed E-state index contributed by atoms with van der Waals surface area (Å²) in [5, 5.41) is 8.76. The summed E-state index contributed by atoms with van der Waals surface area (Å²) in [5.74, 6) is 0.174. The highest BCUT2D eigenvalue weighted by Crippen LogP contribution is 2.22. The molecule has 3 aromatic rings. The summed E-state index contributed by atoms with van der Waals surface area (Å²) in [6.07, 6.45) is 0.740.